The van der Waals surface area contributed by atoms with Crippen molar-refractivity contribution in [3.63, 3.8) is 0 Å². The Labute approximate surface area is 161 Å². The Kier molecular flexibility index (Phi) is 8.27. The Morgan fingerprint density at radius 1 is 1.21 bits per heavy atom. The Morgan fingerprint density at radius 2 is 1.96 bits per heavy atom. The van der Waals surface area contributed by atoms with Crippen LogP contribution >= 0.6 is 24.0 Å². The number of benzene rings is 2. The van der Waals surface area contributed by atoms with Gasteiger partial charge in [0.2, 0.25) is 0 Å². The van der Waals surface area contributed by atoms with Crippen molar-refractivity contribution in [1.29, 1.82) is 5.26 Å². The number of halogens is 1. The number of aliphatic imine (C=N–C) groups is 1. The monoisotopic (exact) mass is 434 g/mol. The van der Waals surface area contributed by atoms with Crippen LogP contribution in [0.2, 0.25) is 0 Å². The van der Waals surface area contributed by atoms with Crippen LogP contribution in [0.3, 0.4) is 0 Å². The number of rotatable bonds is 4. The van der Waals surface area contributed by atoms with Gasteiger partial charge in [-0.3, -0.25) is 4.99 Å². The first-order chi connectivity index (χ1) is 11.1. The van der Waals surface area contributed by atoms with Gasteiger partial charge in [-0.2, -0.15) is 5.26 Å². The first-order valence-corrected chi connectivity index (χ1v) is 7.65. The van der Waals surface area contributed by atoms with Crippen LogP contribution < -0.4 is 10.6 Å². The van der Waals surface area contributed by atoms with Crippen LogP contribution in [0.1, 0.15) is 35.2 Å². The fourth-order valence-corrected chi connectivity index (χ4v) is 2.49. The molecule has 2 aromatic carbocycles. The van der Waals surface area contributed by atoms with Gasteiger partial charge >= 0.3 is 0 Å². The van der Waals surface area contributed by atoms with Crippen LogP contribution in [-0.2, 0) is 6.54 Å². The predicted octanol–water partition coefficient (Wildman–Crippen LogP) is 3.91. The second kappa shape index (κ2) is 9.93. The third-order valence-electron chi connectivity index (χ3n) is 3.75. The fourth-order valence-electron chi connectivity index (χ4n) is 2.49. The van der Waals surface area contributed by atoms with Crippen molar-refractivity contribution in [2.24, 2.45) is 4.99 Å². The molecule has 0 aliphatic carbocycles. The summed E-state index contributed by atoms with van der Waals surface area (Å²) in [7, 11) is 1.76. The van der Waals surface area contributed by atoms with E-state index in [-0.39, 0.29) is 30.0 Å². The summed E-state index contributed by atoms with van der Waals surface area (Å²) >= 11 is 0. The summed E-state index contributed by atoms with van der Waals surface area (Å²) in [6.07, 6.45) is 0. The molecule has 0 aromatic heterocycles. The van der Waals surface area contributed by atoms with Gasteiger partial charge in [0, 0.05) is 13.6 Å². The molecule has 0 bridgehead atoms. The summed E-state index contributed by atoms with van der Waals surface area (Å²) in [6.45, 7) is 4.85. The van der Waals surface area contributed by atoms with Crippen LogP contribution in [0, 0.1) is 18.3 Å². The van der Waals surface area contributed by atoms with Crippen molar-refractivity contribution in [2.45, 2.75) is 26.4 Å². The van der Waals surface area contributed by atoms with Crippen LogP contribution in [0.5, 0.6) is 0 Å². The molecule has 1 atom stereocenters. The van der Waals surface area contributed by atoms with Gasteiger partial charge in [0.05, 0.1) is 17.7 Å². The van der Waals surface area contributed by atoms with E-state index < -0.39 is 0 Å². The molecule has 4 nitrogen and oxygen atoms in total. The van der Waals surface area contributed by atoms with E-state index in [9.17, 15) is 0 Å². The highest BCUT2D eigenvalue weighted by Crippen LogP contribution is 2.16. The van der Waals surface area contributed by atoms with Crippen LogP contribution in [0.25, 0.3) is 0 Å². The highest BCUT2D eigenvalue weighted by molar-refractivity contribution is 14.0. The maximum atomic E-state index is 8.95. The summed E-state index contributed by atoms with van der Waals surface area (Å²) < 4.78 is 0. The molecule has 0 aliphatic rings. The summed E-state index contributed by atoms with van der Waals surface area (Å²) in [6, 6.07) is 18.2. The van der Waals surface area contributed by atoms with Gasteiger partial charge in [0.1, 0.15) is 0 Å². The molecular formula is C19H23IN4. The van der Waals surface area contributed by atoms with E-state index in [1.165, 1.54) is 11.1 Å². The molecule has 2 N–H and O–H groups in total. The molecule has 5 heteroatoms. The molecule has 0 fully saturated rings. The molecule has 0 amide bonds. The van der Waals surface area contributed by atoms with E-state index in [1.807, 2.05) is 30.3 Å². The molecule has 0 saturated heterocycles. The first kappa shape index (κ1) is 20.0. The van der Waals surface area contributed by atoms with Crippen molar-refractivity contribution in [1.82, 2.24) is 10.6 Å². The van der Waals surface area contributed by atoms with Crippen molar-refractivity contribution in [3.05, 3.63) is 70.8 Å². The largest absolute Gasteiger partial charge is 0.352 e. The molecule has 126 valence electrons. The average molecular weight is 434 g/mol. The molecular weight excluding hydrogens is 411 g/mol. The highest BCUT2D eigenvalue weighted by Gasteiger charge is 2.09. The Bertz CT molecular complexity index is 734. The molecule has 0 saturated carbocycles. The lowest BCUT2D eigenvalue weighted by atomic mass is 10.0. The third kappa shape index (κ3) is 5.53. The third-order valence-corrected chi connectivity index (χ3v) is 3.75. The summed E-state index contributed by atoms with van der Waals surface area (Å²) in [5, 5.41) is 15.6. The van der Waals surface area contributed by atoms with Gasteiger partial charge in [-0.15, -0.1) is 24.0 Å². The maximum Gasteiger partial charge on any atom is 0.191 e. The zero-order valence-corrected chi connectivity index (χ0v) is 16.5. The number of aryl methyl sites for hydroxylation is 1. The first-order valence-electron chi connectivity index (χ1n) is 7.65. The maximum absolute atomic E-state index is 8.95. The summed E-state index contributed by atoms with van der Waals surface area (Å²) in [4.78, 5) is 4.27. The normalized spacial score (nSPS) is 11.8. The minimum atomic E-state index is 0. The molecule has 24 heavy (non-hydrogen) atoms. The smallest absolute Gasteiger partial charge is 0.191 e. The van der Waals surface area contributed by atoms with Gasteiger partial charge in [-0.25, -0.2) is 0 Å². The SMILES string of the molecule is CN=C(NCc1cccc(C#N)c1)NC(C)c1ccccc1C.I. The van der Waals surface area contributed by atoms with Crippen LogP contribution in [0.4, 0.5) is 0 Å². The molecule has 0 spiro atoms. The molecule has 0 aliphatic heterocycles. The van der Waals surface area contributed by atoms with E-state index in [4.69, 9.17) is 5.26 Å². The van der Waals surface area contributed by atoms with Crippen LogP contribution in [-0.4, -0.2) is 13.0 Å². The predicted molar refractivity (Wildman–Crippen MR) is 110 cm³/mol. The molecule has 2 aromatic rings. The molecule has 2 rings (SSSR count). The van der Waals surface area contributed by atoms with Crippen molar-refractivity contribution >= 4 is 29.9 Å². The quantitative estimate of drug-likeness (QED) is 0.436. The number of nitrogens with one attached hydrogen (secondary N) is 2. The Morgan fingerprint density at radius 3 is 2.62 bits per heavy atom. The average Bonchev–Trinajstić information content (AvgIpc) is 2.59. The second-order valence-corrected chi connectivity index (χ2v) is 5.46. The zero-order chi connectivity index (χ0) is 16.7. The topological polar surface area (TPSA) is 60.2 Å². The Hall–Kier alpha value is -2.07. The number of nitrogens with zero attached hydrogens (tertiary/aromatic N) is 2. The second-order valence-electron chi connectivity index (χ2n) is 5.46. The van der Waals surface area contributed by atoms with E-state index in [0.29, 0.717) is 12.1 Å². The highest BCUT2D eigenvalue weighted by atomic mass is 127. The van der Waals surface area contributed by atoms with Gasteiger partial charge in [-0.05, 0) is 42.7 Å². The van der Waals surface area contributed by atoms with E-state index in [1.54, 1.807) is 13.1 Å². The molecule has 0 radical (unpaired) electrons. The van der Waals surface area contributed by atoms with Crippen molar-refractivity contribution in [3.8, 4) is 6.07 Å². The lowest BCUT2D eigenvalue weighted by Crippen LogP contribution is -2.38. The van der Waals surface area contributed by atoms with Gasteiger partial charge in [0.15, 0.2) is 5.96 Å². The van der Waals surface area contributed by atoms with E-state index >= 15 is 0 Å². The minimum absolute atomic E-state index is 0. The zero-order valence-electron chi connectivity index (χ0n) is 14.2. The van der Waals surface area contributed by atoms with E-state index in [2.05, 4.69) is 47.7 Å². The lowest BCUT2D eigenvalue weighted by molar-refractivity contribution is 0.681. The molecule has 0 heterocycles. The van der Waals surface area contributed by atoms with Gasteiger partial charge in [0.25, 0.3) is 0 Å². The van der Waals surface area contributed by atoms with Crippen molar-refractivity contribution < 1.29 is 0 Å². The number of guanidine groups is 1. The van der Waals surface area contributed by atoms with Crippen LogP contribution in [0.15, 0.2) is 53.5 Å². The van der Waals surface area contributed by atoms with Gasteiger partial charge < -0.3 is 10.6 Å². The molecule has 1 unspecified atom stereocenters. The number of nitriles is 1. The Balaban J connectivity index is 0.00000288. The minimum Gasteiger partial charge on any atom is -0.352 e. The standard InChI is InChI=1S/C19H22N4.HI/c1-14-7-4-5-10-18(14)15(2)23-19(21-3)22-13-17-9-6-8-16(11-17)12-20;/h4-11,15H,13H2,1-3H3,(H2,21,22,23);1H. The lowest BCUT2D eigenvalue weighted by Gasteiger charge is -2.20. The number of hydrogen-bond acceptors (Lipinski definition) is 2. The van der Waals surface area contributed by atoms with Crippen molar-refractivity contribution in [2.75, 3.05) is 7.05 Å². The summed E-state index contributed by atoms with van der Waals surface area (Å²) in [5.74, 6) is 0.739. The van der Waals surface area contributed by atoms with Gasteiger partial charge in [-0.1, -0.05) is 36.4 Å². The number of hydrogen-bond donors (Lipinski definition) is 2. The summed E-state index contributed by atoms with van der Waals surface area (Å²) in [5.41, 5.74) is 4.22. The fraction of sp³-hybridized carbons (Fsp3) is 0.263. The van der Waals surface area contributed by atoms with E-state index in [0.717, 1.165) is 11.5 Å².